The first-order valence-electron chi connectivity index (χ1n) is 7.41. The fourth-order valence-corrected chi connectivity index (χ4v) is 1.89. The number of alkyl carbamates (subject to hydrolysis) is 1. The number of hydrogen-bond acceptors (Lipinski definition) is 6. The Balaban J connectivity index is 2.83. The van der Waals surface area contributed by atoms with Gasteiger partial charge in [0.05, 0.1) is 14.2 Å². The Labute approximate surface area is 141 Å². The quantitative estimate of drug-likeness (QED) is 0.633. The average Bonchev–Trinajstić information content (AvgIpc) is 2.51. The van der Waals surface area contributed by atoms with E-state index < -0.39 is 23.7 Å². The van der Waals surface area contributed by atoms with Crippen LogP contribution in [0.2, 0.25) is 0 Å². The van der Waals surface area contributed by atoms with Crippen molar-refractivity contribution in [1.29, 1.82) is 0 Å². The molecule has 0 heterocycles. The second-order valence-electron chi connectivity index (χ2n) is 6.08. The minimum absolute atomic E-state index is 0.251. The molecule has 7 heteroatoms. The van der Waals surface area contributed by atoms with Gasteiger partial charge < -0.3 is 19.5 Å². The number of methoxy groups -OCH3 is 2. The predicted octanol–water partition coefficient (Wildman–Crippen LogP) is 2.33. The van der Waals surface area contributed by atoms with Crippen molar-refractivity contribution in [3.05, 3.63) is 29.8 Å². The first-order valence-corrected chi connectivity index (χ1v) is 7.41. The number of carbonyl (C=O) groups excluding carboxylic acids is 3. The van der Waals surface area contributed by atoms with Crippen LogP contribution in [-0.4, -0.2) is 43.7 Å². The lowest BCUT2D eigenvalue weighted by Crippen LogP contribution is -2.45. The molecule has 0 saturated carbocycles. The number of benzene rings is 1. The SMILES string of the molecule is COC(=O)[C@H](CC(=O)c1cccc(OC)c1)NC(=O)OC(C)(C)C. The maximum Gasteiger partial charge on any atom is 0.408 e. The zero-order valence-electron chi connectivity index (χ0n) is 14.5. The molecule has 1 N–H and O–H groups in total. The third-order valence-corrected chi connectivity index (χ3v) is 2.96. The van der Waals surface area contributed by atoms with E-state index in [9.17, 15) is 14.4 Å². The van der Waals surface area contributed by atoms with E-state index in [2.05, 4.69) is 10.1 Å². The van der Waals surface area contributed by atoms with Gasteiger partial charge in [-0.3, -0.25) is 4.79 Å². The standard InChI is InChI=1S/C17H23NO6/c1-17(2,3)24-16(21)18-13(15(20)23-5)10-14(19)11-7-6-8-12(9-11)22-4/h6-9,13H,10H2,1-5H3,(H,18,21)/t13-/m0/s1. The lowest BCUT2D eigenvalue weighted by Gasteiger charge is -2.22. The average molecular weight is 337 g/mol. The van der Waals surface area contributed by atoms with Crippen LogP contribution in [-0.2, 0) is 14.3 Å². The number of amides is 1. The van der Waals surface area contributed by atoms with Crippen LogP contribution in [0, 0.1) is 0 Å². The Bertz CT molecular complexity index is 605. The van der Waals surface area contributed by atoms with Crippen LogP contribution in [0.1, 0.15) is 37.6 Å². The number of ketones is 1. The van der Waals surface area contributed by atoms with Crippen LogP contribution in [0.15, 0.2) is 24.3 Å². The van der Waals surface area contributed by atoms with Crippen molar-refractivity contribution in [2.75, 3.05) is 14.2 Å². The highest BCUT2D eigenvalue weighted by Crippen LogP contribution is 2.15. The van der Waals surface area contributed by atoms with E-state index in [1.807, 2.05) is 0 Å². The van der Waals surface area contributed by atoms with Gasteiger partial charge in [0.2, 0.25) is 0 Å². The Kier molecular flexibility index (Phi) is 6.76. The monoisotopic (exact) mass is 337 g/mol. The lowest BCUT2D eigenvalue weighted by molar-refractivity contribution is -0.143. The number of esters is 1. The molecule has 1 atom stereocenters. The molecule has 0 radical (unpaired) electrons. The molecule has 0 unspecified atom stereocenters. The molecular weight excluding hydrogens is 314 g/mol. The van der Waals surface area contributed by atoms with Crippen LogP contribution in [0.3, 0.4) is 0 Å². The van der Waals surface area contributed by atoms with E-state index in [1.165, 1.54) is 14.2 Å². The van der Waals surface area contributed by atoms with E-state index >= 15 is 0 Å². The number of nitrogens with one attached hydrogen (secondary N) is 1. The molecule has 0 aliphatic carbocycles. The van der Waals surface area contributed by atoms with Gasteiger partial charge in [0.15, 0.2) is 5.78 Å². The van der Waals surface area contributed by atoms with E-state index in [0.29, 0.717) is 11.3 Å². The topological polar surface area (TPSA) is 90.9 Å². The molecule has 1 aromatic rings. The fraction of sp³-hybridized carbons (Fsp3) is 0.471. The molecule has 0 bridgehead atoms. The Morgan fingerprint density at radius 2 is 1.83 bits per heavy atom. The zero-order chi connectivity index (χ0) is 18.3. The van der Waals surface area contributed by atoms with E-state index in [1.54, 1.807) is 45.0 Å². The molecule has 0 aliphatic rings. The Hall–Kier alpha value is -2.57. The second kappa shape index (κ2) is 8.33. The summed E-state index contributed by atoms with van der Waals surface area (Å²) >= 11 is 0. The highest BCUT2D eigenvalue weighted by Gasteiger charge is 2.27. The van der Waals surface area contributed by atoms with Crippen molar-refractivity contribution in [1.82, 2.24) is 5.32 Å². The van der Waals surface area contributed by atoms with Crippen molar-refractivity contribution in [2.45, 2.75) is 38.8 Å². The van der Waals surface area contributed by atoms with Crippen molar-refractivity contribution in [2.24, 2.45) is 0 Å². The van der Waals surface area contributed by atoms with Gasteiger partial charge in [-0.15, -0.1) is 0 Å². The smallest absolute Gasteiger partial charge is 0.408 e. The minimum atomic E-state index is -1.14. The summed E-state index contributed by atoms with van der Waals surface area (Å²) in [6.07, 6.45) is -1.05. The van der Waals surface area contributed by atoms with Gasteiger partial charge in [-0.05, 0) is 32.9 Å². The Morgan fingerprint density at radius 1 is 1.17 bits per heavy atom. The van der Waals surface area contributed by atoms with Gasteiger partial charge in [-0.2, -0.15) is 0 Å². The van der Waals surface area contributed by atoms with Crippen LogP contribution >= 0.6 is 0 Å². The first kappa shape index (κ1) is 19.5. The third kappa shape index (κ3) is 6.28. The predicted molar refractivity (Wildman–Crippen MR) is 87.1 cm³/mol. The summed E-state index contributed by atoms with van der Waals surface area (Å²) in [5, 5.41) is 2.37. The molecule has 0 saturated heterocycles. The van der Waals surface area contributed by atoms with Crippen LogP contribution in [0.5, 0.6) is 5.75 Å². The molecule has 1 amide bonds. The van der Waals surface area contributed by atoms with Crippen molar-refractivity contribution >= 4 is 17.8 Å². The van der Waals surface area contributed by atoms with Crippen molar-refractivity contribution < 1.29 is 28.6 Å². The molecule has 0 aliphatic heterocycles. The molecular formula is C17H23NO6. The molecule has 1 aromatic carbocycles. The molecule has 0 aromatic heterocycles. The maximum atomic E-state index is 12.4. The highest BCUT2D eigenvalue weighted by atomic mass is 16.6. The molecule has 24 heavy (non-hydrogen) atoms. The van der Waals surface area contributed by atoms with Gasteiger partial charge in [0.1, 0.15) is 17.4 Å². The Morgan fingerprint density at radius 3 is 2.38 bits per heavy atom. The van der Waals surface area contributed by atoms with Crippen molar-refractivity contribution in [3.8, 4) is 5.75 Å². The van der Waals surface area contributed by atoms with Gasteiger partial charge in [0, 0.05) is 12.0 Å². The normalized spacial score (nSPS) is 12.0. The largest absolute Gasteiger partial charge is 0.497 e. The summed E-state index contributed by atoms with van der Waals surface area (Å²) in [4.78, 5) is 36.0. The van der Waals surface area contributed by atoms with Crippen LogP contribution in [0.4, 0.5) is 4.79 Å². The lowest BCUT2D eigenvalue weighted by atomic mass is 10.0. The van der Waals surface area contributed by atoms with Gasteiger partial charge in [0.25, 0.3) is 0 Å². The second-order valence-corrected chi connectivity index (χ2v) is 6.08. The molecule has 0 spiro atoms. The fourth-order valence-electron chi connectivity index (χ4n) is 1.89. The van der Waals surface area contributed by atoms with Crippen LogP contribution < -0.4 is 10.1 Å². The van der Waals surface area contributed by atoms with Crippen LogP contribution in [0.25, 0.3) is 0 Å². The third-order valence-electron chi connectivity index (χ3n) is 2.96. The zero-order valence-corrected chi connectivity index (χ0v) is 14.5. The van der Waals surface area contributed by atoms with E-state index in [-0.39, 0.29) is 12.2 Å². The van der Waals surface area contributed by atoms with Gasteiger partial charge >= 0.3 is 12.1 Å². The number of rotatable bonds is 6. The molecule has 7 nitrogen and oxygen atoms in total. The molecule has 0 fully saturated rings. The van der Waals surface area contributed by atoms with Crippen molar-refractivity contribution in [3.63, 3.8) is 0 Å². The summed E-state index contributed by atoms with van der Waals surface area (Å²) in [6, 6.07) is 5.40. The number of ether oxygens (including phenoxy) is 3. The summed E-state index contributed by atoms with van der Waals surface area (Å²) in [7, 11) is 2.67. The first-order chi connectivity index (χ1) is 11.2. The minimum Gasteiger partial charge on any atom is -0.497 e. The highest BCUT2D eigenvalue weighted by molar-refractivity contribution is 5.99. The van der Waals surface area contributed by atoms with Gasteiger partial charge in [-0.1, -0.05) is 12.1 Å². The molecule has 1 rings (SSSR count). The summed E-state index contributed by atoms with van der Waals surface area (Å²) < 4.78 is 14.8. The number of hydrogen-bond donors (Lipinski definition) is 1. The van der Waals surface area contributed by atoms with E-state index in [0.717, 1.165) is 0 Å². The summed E-state index contributed by atoms with van der Waals surface area (Å²) in [5.74, 6) is -0.534. The van der Waals surface area contributed by atoms with Gasteiger partial charge in [-0.25, -0.2) is 9.59 Å². The van der Waals surface area contributed by atoms with E-state index in [4.69, 9.17) is 9.47 Å². The summed E-state index contributed by atoms with van der Waals surface area (Å²) in [5.41, 5.74) is -0.351. The number of Topliss-reactive ketones (excluding diaryl/α,β-unsaturated/α-hetero) is 1. The molecule has 132 valence electrons. The maximum absolute atomic E-state index is 12.4. The summed E-state index contributed by atoms with van der Waals surface area (Å²) in [6.45, 7) is 5.09. The number of carbonyl (C=O) groups is 3.